The summed E-state index contributed by atoms with van der Waals surface area (Å²) < 4.78 is 5.14. The second-order valence-corrected chi connectivity index (χ2v) is 4.54. The molecule has 5 nitrogen and oxygen atoms in total. The fourth-order valence-corrected chi connectivity index (χ4v) is 1.68. The van der Waals surface area contributed by atoms with Gasteiger partial charge in [-0.25, -0.2) is 4.98 Å². The van der Waals surface area contributed by atoms with E-state index in [0.717, 1.165) is 0 Å². The molecule has 3 rings (SSSR count). The number of benzene rings is 1. The van der Waals surface area contributed by atoms with Crippen molar-refractivity contribution in [3.63, 3.8) is 0 Å². The Morgan fingerprint density at radius 2 is 1.52 bits per heavy atom. The molecule has 2 aromatic heterocycles. The Balaban J connectivity index is 0.000000229. The van der Waals surface area contributed by atoms with E-state index in [1.54, 1.807) is 36.7 Å². The molecular formula is C18H17N3O2. The molecule has 0 fully saturated rings. The van der Waals surface area contributed by atoms with Crippen LogP contribution in [0.15, 0.2) is 79.1 Å². The number of pyridine rings is 2. The SMILES string of the molecule is Nc1ccccn1.O=C(Cc1ccccn1)Oc1ccccc1. The Bertz CT molecular complexity index is 661. The third-order valence-corrected chi connectivity index (χ3v) is 2.71. The van der Waals surface area contributed by atoms with Gasteiger partial charge in [-0.3, -0.25) is 9.78 Å². The highest BCUT2D eigenvalue weighted by Gasteiger charge is 2.06. The topological polar surface area (TPSA) is 78.1 Å². The van der Waals surface area contributed by atoms with E-state index < -0.39 is 0 Å². The first-order chi connectivity index (χ1) is 11.2. The number of hydrogen-bond acceptors (Lipinski definition) is 5. The lowest BCUT2D eigenvalue weighted by atomic mass is 10.3. The molecule has 0 bridgehead atoms. The summed E-state index contributed by atoms with van der Waals surface area (Å²) in [6.45, 7) is 0. The zero-order valence-corrected chi connectivity index (χ0v) is 12.5. The van der Waals surface area contributed by atoms with E-state index in [0.29, 0.717) is 17.3 Å². The molecule has 0 atom stereocenters. The minimum atomic E-state index is -0.301. The molecule has 0 saturated carbocycles. The number of hydrogen-bond donors (Lipinski definition) is 1. The van der Waals surface area contributed by atoms with E-state index in [1.807, 2.05) is 42.5 Å². The van der Waals surface area contributed by atoms with Crippen LogP contribution in [0, 0.1) is 0 Å². The number of carbonyl (C=O) groups excluding carboxylic acids is 1. The predicted molar refractivity (Wildman–Crippen MR) is 88.7 cm³/mol. The van der Waals surface area contributed by atoms with Crippen molar-refractivity contribution in [2.24, 2.45) is 0 Å². The van der Waals surface area contributed by atoms with Gasteiger partial charge in [0.25, 0.3) is 0 Å². The van der Waals surface area contributed by atoms with Gasteiger partial charge in [-0.2, -0.15) is 0 Å². The van der Waals surface area contributed by atoms with E-state index in [1.165, 1.54) is 0 Å². The molecular weight excluding hydrogens is 290 g/mol. The number of carbonyl (C=O) groups is 1. The standard InChI is InChI=1S/C13H11NO2.C5H6N2/c15-13(10-11-6-4-5-9-14-11)16-12-7-2-1-3-8-12;6-5-3-1-2-4-7-5/h1-9H,10H2;1-4H,(H2,6,7). The van der Waals surface area contributed by atoms with Crippen molar-refractivity contribution < 1.29 is 9.53 Å². The third-order valence-electron chi connectivity index (χ3n) is 2.71. The Morgan fingerprint density at radius 3 is 2.04 bits per heavy atom. The lowest BCUT2D eigenvalue weighted by Gasteiger charge is -2.03. The number of nitrogens with zero attached hydrogens (tertiary/aromatic N) is 2. The Labute approximate surface area is 134 Å². The molecule has 0 aliphatic carbocycles. The molecule has 0 amide bonds. The van der Waals surface area contributed by atoms with Gasteiger partial charge in [-0.15, -0.1) is 0 Å². The second-order valence-electron chi connectivity index (χ2n) is 4.54. The summed E-state index contributed by atoms with van der Waals surface area (Å²) in [5.74, 6) is 0.829. The largest absolute Gasteiger partial charge is 0.426 e. The molecule has 0 saturated heterocycles. The van der Waals surface area contributed by atoms with Crippen LogP contribution in [-0.2, 0) is 11.2 Å². The van der Waals surface area contributed by atoms with Crippen LogP contribution in [0.25, 0.3) is 0 Å². The molecule has 0 aliphatic rings. The van der Waals surface area contributed by atoms with Crippen LogP contribution in [0.2, 0.25) is 0 Å². The average Bonchev–Trinajstić information content (AvgIpc) is 2.58. The van der Waals surface area contributed by atoms with Crippen molar-refractivity contribution in [1.29, 1.82) is 0 Å². The molecule has 2 heterocycles. The quantitative estimate of drug-likeness (QED) is 0.594. The average molecular weight is 307 g/mol. The summed E-state index contributed by atoms with van der Waals surface area (Å²) >= 11 is 0. The third kappa shape index (κ3) is 6.39. The summed E-state index contributed by atoms with van der Waals surface area (Å²) in [5, 5.41) is 0. The van der Waals surface area contributed by atoms with E-state index in [9.17, 15) is 4.79 Å². The first-order valence-corrected chi connectivity index (χ1v) is 7.06. The highest BCUT2D eigenvalue weighted by atomic mass is 16.5. The normalized spacial score (nSPS) is 9.39. The number of para-hydroxylation sites is 1. The van der Waals surface area contributed by atoms with Crippen molar-refractivity contribution in [1.82, 2.24) is 9.97 Å². The number of nitrogen functional groups attached to an aromatic ring is 1. The van der Waals surface area contributed by atoms with Crippen molar-refractivity contribution in [2.75, 3.05) is 5.73 Å². The maximum atomic E-state index is 11.5. The molecule has 116 valence electrons. The molecule has 2 N–H and O–H groups in total. The van der Waals surface area contributed by atoms with Crippen molar-refractivity contribution in [3.05, 3.63) is 84.8 Å². The van der Waals surface area contributed by atoms with Gasteiger partial charge in [-0.1, -0.05) is 30.3 Å². The van der Waals surface area contributed by atoms with Gasteiger partial charge in [0.1, 0.15) is 11.6 Å². The number of ether oxygens (including phenoxy) is 1. The minimum absolute atomic E-state index is 0.190. The van der Waals surface area contributed by atoms with Gasteiger partial charge >= 0.3 is 5.97 Å². The maximum Gasteiger partial charge on any atom is 0.317 e. The van der Waals surface area contributed by atoms with Crippen LogP contribution in [0.5, 0.6) is 5.75 Å². The molecule has 0 spiro atoms. The molecule has 1 aromatic carbocycles. The van der Waals surface area contributed by atoms with Crippen LogP contribution in [0.4, 0.5) is 5.82 Å². The first-order valence-electron chi connectivity index (χ1n) is 7.06. The Hall–Kier alpha value is -3.21. The highest BCUT2D eigenvalue weighted by Crippen LogP contribution is 2.09. The van der Waals surface area contributed by atoms with Crippen LogP contribution >= 0.6 is 0 Å². The fraction of sp³-hybridized carbons (Fsp3) is 0.0556. The van der Waals surface area contributed by atoms with E-state index in [4.69, 9.17) is 10.5 Å². The summed E-state index contributed by atoms with van der Waals surface area (Å²) in [4.78, 5) is 19.3. The Kier molecular flexibility index (Phi) is 6.28. The first kappa shape index (κ1) is 16.2. The molecule has 0 unspecified atom stereocenters. The smallest absolute Gasteiger partial charge is 0.317 e. The number of anilines is 1. The van der Waals surface area contributed by atoms with Crippen LogP contribution in [-0.4, -0.2) is 15.9 Å². The van der Waals surface area contributed by atoms with Crippen molar-refractivity contribution in [2.45, 2.75) is 6.42 Å². The fourth-order valence-electron chi connectivity index (χ4n) is 1.68. The second kappa shape index (κ2) is 8.94. The highest BCUT2D eigenvalue weighted by molar-refractivity contribution is 5.74. The van der Waals surface area contributed by atoms with Gasteiger partial charge < -0.3 is 10.5 Å². The zero-order valence-electron chi connectivity index (χ0n) is 12.5. The predicted octanol–water partition coefficient (Wildman–Crippen LogP) is 2.89. The number of rotatable bonds is 3. The van der Waals surface area contributed by atoms with E-state index >= 15 is 0 Å². The van der Waals surface area contributed by atoms with Gasteiger partial charge in [0.05, 0.1) is 12.1 Å². The monoisotopic (exact) mass is 307 g/mol. The molecule has 0 radical (unpaired) electrons. The van der Waals surface area contributed by atoms with Gasteiger partial charge in [0.2, 0.25) is 0 Å². The summed E-state index contributed by atoms with van der Waals surface area (Å²) in [6, 6.07) is 19.9. The molecule has 5 heteroatoms. The van der Waals surface area contributed by atoms with Gasteiger partial charge in [-0.05, 0) is 36.4 Å². The summed E-state index contributed by atoms with van der Waals surface area (Å²) in [7, 11) is 0. The van der Waals surface area contributed by atoms with Crippen LogP contribution < -0.4 is 10.5 Å². The van der Waals surface area contributed by atoms with Gasteiger partial charge in [0.15, 0.2) is 0 Å². The molecule has 3 aromatic rings. The lowest BCUT2D eigenvalue weighted by molar-refractivity contribution is -0.133. The number of nitrogens with two attached hydrogens (primary N) is 1. The van der Waals surface area contributed by atoms with Crippen LogP contribution in [0.3, 0.4) is 0 Å². The summed E-state index contributed by atoms with van der Waals surface area (Å²) in [5.41, 5.74) is 5.96. The number of aromatic nitrogens is 2. The molecule has 0 aliphatic heterocycles. The van der Waals surface area contributed by atoms with E-state index in [-0.39, 0.29) is 12.4 Å². The van der Waals surface area contributed by atoms with Crippen molar-refractivity contribution in [3.8, 4) is 5.75 Å². The van der Waals surface area contributed by atoms with Crippen LogP contribution in [0.1, 0.15) is 5.69 Å². The van der Waals surface area contributed by atoms with Gasteiger partial charge in [0, 0.05) is 12.4 Å². The lowest BCUT2D eigenvalue weighted by Crippen LogP contribution is -2.11. The maximum absolute atomic E-state index is 11.5. The van der Waals surface area contributed by atoms with E-state index in [2.05, 4.69) is 9.97 Å². The minimum Gasteiger partial charge on any atom is -0.426 e. The number of esters is 1. The zero-order chi connectivity index (χ0) is 16.3. The molecule has 23 heavy (non-hydrogen) atoms. The van der Waals surface area contributed by atoms with Crippen molar-refractivity contribution >= 4 is 11.8 Å². The Morgan fingerprint density at radius 1 is 0.870 bits per heavy atom. The summed E-state index contributed by atoms with van der Waals surface area (Å²) in [6.07, 6.45) is 3.51.